The van der Waals surface area contributed by atoms with Crippen molar-refractivity contribution < 1.29 is 9.90 Å². The SMILES string of the molecule is CS(=NC(=O)c1cncc(Br)c1)c1ccccc1O. The van der Waals surface area contributed by atoms with E-state index < -0.39 is 10.7 Å². The minimum Gasteiger partial charge on any atom is -0.507 e. The summed E-state index contributed by atoms with van der Waals surface area (Å²) in [5.74, 6) is -0.194. The Morgan fingerprint density at radius 1 is 1.37 bits per heavy atom. The second kappa shape index (κ2) is 6.08. The fourth-order valence-electron chi connectivity index (χ4n) is 1.46. The molecule has 1 amide bonds. The van der Waals surface area contributed by atoms with Gasteiger partial charge in [-0.2, -0.15) is 4.36 Å². The van der Waals surface area contributed by atoms with E-state index in [1.807, 2.05) is 0 Å². The molecule has 4 nitrogen and oxygen atoms in total. The molecular weight excluding hydrogens is 328 g/mol. The van der Waals surface area contributed by atoms with Gasteiger partial charge in [-0.05, 0) is 40.4 Å². The third-order valence-electron chi connectivity index (χ3n) is 2.36. The van der Waals surface area contributed by atoms with Gasteiger partial charge in [-0.1, -0.05) is 22.8 Å². The van der Waals surface area contributed by atoms with Crippen molar-refractivity contribution in [2.24, 2.45) is 4.36 Å². The van der Waals surface area contributed by atoms with Gasteiger partial charge in [0.15, 0.2) is 0 Å². The number of carbonyl (C=O) groups is 1. The van der Waals surface area contributed by atoms with Crippen LogP contribution in [0.5, 0.6) is 5.75 Å². The number of rotatable bonds is 2. The molecule has 0 radical (unpaired) electrons. The van der Waals surface area contributed by atoms with Gasteiger partial charge in [0, 0.05) is 16.9 Å². The van der Waals surface area contributed by atoms with Crippen LogP contribution >= 0.6 is 15.9 Å². The van der Waals surface area contributed by atoms with E-state index in [0.717, 1.165) is 4.47 Å². The fraction of sp³-hybridized carbons (Fsp3) is 0.0769. The van der Waals surface area contributed by atoms with Crippen molar-refractivity contribution in [3.05, 3.63) is 52.8 Å². The van der Waals surface area contributed by atoms with Gasteiger partial charge in [0.1, 0.15) is 5.75 Å². The molecule has 0 spiro atoms. The summed E-state index contributed by atoms with van der Waals surface area (Å²) in [5.41, 5.74) is 0.421. The second-order valence-electron chi connectivity index (χ2n) is 3.73. The number of phenolic OH excluding ortho intramolecular Hbond substituents is 1. The normalized spacial score (nSPS) is 12.3. The highest BCUT2D eigenvalue weighted by atomic mass is 79.9. The van der Waals surface area contributed by atoms with E-state index >= 15 is 0 Å². The van der Waals surface area contributed by atoms with Crippen LogP contribution in [0.3, 0.4) is 0 Å². The Morgan fingerprint density at radius 2 is 2.11 bits per heavy atom. The van der Waals surface area contributed by atoms with E-state index in [0.29, 0.717) is 10.5 Å². The van der Waals surface area contributed by atoms with E-state index in [9.17, 15) is 9.90 Å². The van der Waals surface area contributed by atoms with Gasteiger partial charge in [0.25, 0.3) is 5.91 Å². The first-order valence-electron chi connectivity index (χ1n) is 5.38. The molecule has 1 aromatic heterocycles. The molecule has 6 heteroatoms. The molecule has 2 aromatic rings. The lowest BCUT2D eigenvalue weighted by atomic mass is 10.3. The predicted molar refractivity (Wildman–Crippen MR) is 78.4 cm³/mol. The summed E-state index contributed by atoms with van der Waals surface area (Å²) in [6.45, 7) is 0. The zero-order valence-corrected chi connectivity index (χ0v) is 12.5. The molecule has 1 N–H and O–H groups in total. The first kappa shape index (κ1) is 13.9. The lowest BCUT2D eigenvalue weighted by Crippen LogP contribution is -1.99. The van der Waals surface area contributed by atoms with E-state index in [1.165, 1.54) is 6.20 Å². The van der Waals surface area contributed by atoms with Crippen molar-refractivity contribution in [3.63, 3.8) is 0 Å². The van der Waals surface area contributed by atoms with Crippen LogP contribution in [0, 0.1) is 0 Å². The number of aromatic nitrogens is 1. The highest BCUT2D eigenvalue weighted by molar-refractivity contribution is 9.10. The quantitative estimate of drug-likeness (QED) is 0.914. The first-order valence-corrected chi connectivity index (χ1v) is 7.77. The topological polar surface area (TPSA) is 62.5 Å². The van der Waals surface area contributed by atoms with Crippen LogP contribution in [-0.4, -0.2) is 22.3 Å². The lowest BCUT2D eigenvalue weighted by molar-refractivity contribution is 0.100. The van der Waals surface area contributed by atoms with Crippen LogP contribution < -0.4 is 0 Å². The molecule has 19 heavy (non-hydrogen) atoms. The Labute approximate surface area is 121 Å². The second-order valence-corrected chi connectivity index (χ2v) is 6.23. The fourth-order valence-corrected chi connectivity index (χ4v) is 2.93. The number of hydrogen-bond acceptors (Lipinski definition) is 3. The number of phenols is 1. The third kappa shape index (κ3) is 3.48. The molecule has 1 heterocycles. The maximum atomic E-state index is 12.0. The van der Waals surface area contributed by atoms with Gasteiger partial charge >= 0.3 is 0 Å². The van der Waals surface area contributed by atoms with Crippen molar-refractivity contribution in [3.8, 4) is 5.75 Å². The number of amides is 1. The Hall–Kier alpha value is -1.53. The number of carbonyl (C=O) groups excluding carboxylic acids is 1. The average molecular weight is 339 g/mol. The molecule has 0 saturated carbocycles. The van der Waals surface area contributed by atoms with E-state index in [1.54, 1.807) is 42.8 Å². The molecule has 0 bridgehead atoms. The molecular formula is C13H11BrN2O2S. The predicted octanol–water partition coefficient (Wildman–Crippen LogP) is 3.18. The van der Waals surface area contributed by atoms with Crippen LogP contribution in [0.2, 0.25) is 0 Å². The lowest BCUT2D eigenvalue weighted by Gasteiger charge is -2.04. The van der Waals surface area contributed by atoms with Crippen LogP contribution in [0.15, 0.2) is 56.5 Å². The van der Waals surface area contributed by atoms with Gasteiger partial charge in [-0.25, -0.2) is 0 Å². The van der Waals surface area contributed by atoms with Gasteiger partial charge < -0.3 is 5.11 Å². The number of nitrogens with zero attached hydrogens (tertiary/aromatic N) is 2. The molecule has 0 aliphatic carbocycles. The smallest absolute Gasteiger partial charge is 0.284 e. The van der Waals surface area contributed by atoms with Crippen LogP contribution in [-0.2, 0) is 10.7 Å². The monoisotopic (exact) mass is 338 g/mol. The molecule has 0 aliphatic heterocycles. The largest absolute Gasteiger partial charge is 0.507 e. The van der Waals surface area contributed by atoms with E-state index in [-0.39, 0.29) is 11.7 Å². The molecule has 98 valence electrons. The highest BCUT2D eigenvalue weighted by Crippen LogP contribution is 2.20. The zero-order chi connectivity index (χ0) is 13.8. The summed E-state index contributed by atoms with van der Waals surface area (Å²) in [4.78, 5) is 16.6. The molecule has 1 unspecified atom stereocenters. The summed E-state index contributed by atoms with van der Waals surface area (Å²) in [7, 11) is -0.700. The van der Waals surface area contributed by atoms with Crippen LogP contribution in [0.25, 0.3) is 0 Å². The van der Waals surface area contributed by atoms with Crippen molar-refractivity contribution in [2.75, 3.05) is 6.26 Å². The Morgan fingerprint density at radius 3 is 2.79 bits per heavy atom. The average Bonchev–Trinajstić information content (AvgIpc) is 2.39. The minimum atomic E-state index is -0.700. The van der Waals surface area contributed by atoms with Gasteiger partial charge in [-0.15, -0.1) is 0 Å². The maximum Gasteiger partial charge on any atom is 0.284 e. The first-order chi connectivity index (χ1) is 9.08. The molecule has 0 fully saturated rings. The maximum absolute atomic E-state index is 12.0. The number of aromatic hydroxyl groups is 1. The van der Waals surface area contributed by atoms with Crippen LogP contribution in [0.4, 0.5) is 0 Å². The summed E-state index contributed by atoms with van der Waals surface area (Å²) >= 11 is 3.26. The molecule has 0 saturated heterocycles. The summed E-state index contributed by atoms with van der Waals surface area (Å²) in [6.07, 6.45) is 4.86. The summed E-state index contributed by atoms with van der Waals surface area (Å²) < 4.78 is 4.82. The Bertz CT molecular complexity index is 659. The molecule has 0 aliphatic rings. The van der Waals surface area contributed by atoms with Crippen molar-refractivity contribution in [2.45, 2.75) is 4.90 Å². The number of para-hydroxylation sites is 1. The highest BCUT2D eigenvalue weighted by Gasteiger charge is 2.08. The number of pyridine rings is 1. The van der Waals surface area contributed by atoms with Crippen molar-refractivity contribution >= 4 is 32.5 Å². The minimum absolute atomic E-state index is 0.150. The van der Waals surface area contributed by atoms with Gasteiger partial charge in [0.2, 0.25) is 0 Å². The van der Waals surface area contributed by atoms with E-state index in [2.05, 4.69) is 25.3 Å². The van der Waals surface area contributed by atoms with Crippen molar-refractivity contribution in [1.82, 2.24) is 4.98 Å². The molecule has 2 rings (SSSR count). The number of benzene rings is 1. The standard InChI is InChI=1S/C13H11BrN2O2S/c1-19(12-5-3-2-4-11(12)17)16-13(18)9-6-10(14)8-15-7-9/h2-8,17H,1H3. The van der Waals surface area contributed by atoms with Gasteiger partial charge in [-0.3, -0.25) is 9.78 Å². The van der Waals surface area contributed by atoms with Crippen molar-refractivity contribution in [1.29, 1.82) is 0 Å². The molecule has 1 atom stereocenters. The number of halogens is 1. The molecule has 1 aromatic carbocycles. The summed E-state index contributed by atoms with van der Waals surface area (Å²) in [6, 6.07) is 8.55. The summed E-state index contributed by atoms with van der Waals surface area (Å²) in [5, 5.41) is 9.72. The van der Waals surface area contributed by atoms with Crippen LogP contribution in [0.1, 0.15) is 10.4 Å². The number of hydrogen-bond donors (Lipinski definition) is 1. The Kier molecular flexibility index (Phi) is 4.44. The zero-order valence-electron chi connectivity index (χ0n) is 10.1. The third-order valence-corrected chi connectivity index (χ3v) is 4.21. The van der Waals surface area contributed by atoms with E-state index in [4.69, 9.17) is 0 Å². The van der Waals surface area contributed by atoms with Gasteiger partial charge in [0.05, 0.1) is 10.5 Å². The Balaban J connectivity index is 2.31.